The molecule has 1 heterocycles. The van der Waals surface area contributed by atoms with Crippen molar-refractivity contribution in [2.24, 2.45) is 0 Å². The van der Waals surface area contributed by atoms with Crippen LogP contribution in [0.1, 0.15) is 35.5 Å². The van der Waals surface area contributed by atoms with Gasteiger partial charge in [-0.05, 0) is 38.5 Å². The molecular weight excluding hydrogens is 256 g/mol. The zero-order valence-electron chi connectivity index (χ0n) is 11.5. The predicted molar refractivity (Wildman–Crippen MR) is 73.3 cm³/mol. The van der Waals surface area contributed by atoms with E-state index in [2.05, 4.69) is 11.2 Å². The van der Waals surface area contributed by atoms with Crippen LogP contribution in [0.5, 0.6) is 0 Å². The Morgan fingerprint density at radius 3 is 2.40 bits per heavy atom. The molecule has 1 aromatic carbocycles. The molecule has 6 heteroatoms. The number of hydrogen-bond acceptors (Lipinski definition) is 4. The van der Waals surface area contributed by atoms with Crippen LogP contribution < -0.4 is 0 Å². The average molecular weight is 270 g/mol. The second kappa shape index (κ2) is 5.13. The molecule has 0 radical (unpaired) electrons. The summed E-state index contributed by atoms with van der Waals surface area (Å²) in [7, 11) is 0. The van der Waals surface area contributed by atoms with Gasteiger partial charge in [0.1, 0.15) is 11.4 Å². The highest BCUT2D eigenvalue weighted by Crippen LogP contribution is 2.27. The number of aryl methyl sites for hydroxylation is 1. The van der Waals surface area contributed by atoms with Crippen molar-refractivity contribution in [2.45, 2.75) is 26.8 Å². The fourth-order valence-electron chi connectivity index (χ4n) is 2.27. The van der Waals surface area contributed by atoms with Gasteiger partial charge in [-0.25, -0.2) is 0 Å². The monoisotopic (exact) mass is 270 g/mol. The molecule has 0 aliphatic heterocycles. The fourth-order valence-corrected chi connectivity index (χ4v) is 2.27. The molecule has 0 aliphatic carbocycles. The molecule has 2 aromatic rings. The van der Waals surface area contributed by atoms with Crippen molar-refractivity contribution < 1.29 is 4.92 Å². The standard InChI is InChI=1S/C14H14N4O2/c1-9-14(18(19)20)11(3)17(16-9)10(2)13-6-4-12(8-15)5-7-13/h4-7,10H,1-3H3/t10-/m1/s1. The molecule has 20 heavy (non-hydrogen) atoms. The number of nitriles is 1. The second-order valence-corrected chi connectivity index (χ2v) is 4.63. The second-order valence-electron chi connectivity index (χ2n) is 4.63. The molecule has 0 N–H and O–H groups in total. The van der Waals surface area contributed by atoms with Crippen LogP contribution in [0.4, 0.5) is 5.69 Å². The topological polar surface area (TPSA) is 84.8 Å². The molecule has 0 amide bonds. The number of hydrogen-bond donors (Lipinski definition) is 0. The highest BCUT2D eigenvalue weighted by molar-refractivity contribution is 5.41. The van der Waals surface area contributed by atoms with Crippen LogP contribution in [0.15, 0.2) is 24.3 Å². The van der Waals surface area contributed by atoms with Gasteiger partial charge in [-0.2, -0.15) is 10.4 Å². The first-order valence-electron chi connectivity index (χ1n) is 6.16. The Bertz CT molecular complexity index is 695. The molecule has 0 fully saturated rings. The summed E-state index contributed by atoms with van der Waals surface area (Å²) in [4.78, 5) is 10.6. The molecule has 0 saturated heterocycles. The largest absolute Gasteiger partial charge is 0.312 e. The minimum Gasteiger partial charge on any atom is -0.258 e. The quantitative estimate of drug-likeness (QED) is 0.634. The minimum absolute atomic E-state index is 0.0606. The van der Waals surface area contributed by atoms with Gasteiger partial charge < -0.3 is 0 Å². The molecule has 0 unspecified atom stereocenters. The highest BCUT2D eigenvalue weighted by atomic mass is 16.6. The van der Waals surface area contributed by atoms with E-state index in [0.717, 1.165) is 5.56 Å². The molecule has 0 saturated carbocycles. The summed E-state index contributed by atoms with van der Waals surface area (Å²) in [5, 5.41) is 24.1. The van der Waals surface area contributed by atoms with E-state index in [4.69, 9.17) is 5.26 Å². The van der Waals surface area contributed by atoms with E-state index in [1.807, 2.05) is 19.1 Å². The van der Waals surface area contributed by atoms with Crippen molar-refractivity contribution in [3.05, 3.63) is 56.9 Å². The fraction of sp³-hybridized carbons (Fsp3) is 0.286. The van der Waals surface area contributed by atoms with Crippen molar-refractivity contribution in [2.75, 3.05) is 0 Å². The van der Waals surface area contributed by atoms with Gasteiger partial charge in [0.2, 0.25) is 0 Å². The molecule has 0 bridgehead atoms. The van der Waals surface area contributed by atoms with E-state index >= 15 is 0 Å². The normalized spacial score (nSPS) is 11.9. The molecule has 2 rings (SSSR count). The molecular formula is C14H14N4O2. The van der Waals surface area contributed by atoms with Gasteiger partial charge in [0.15, 0.2) is 0 Å². The van der Waals surface area contributed by atoms with E-state index in [0.29, 0.717) is 17.0 Å². The summed E-state index contributed by atoms with van der Waals surface area (Å²) in [6.45, 7) is 5.25. The van der Waals surface area contributed by atoms with Crippen LogP contribution >= 0.6 is 0 Å². The lowest BCUT2D eigenvalue weighted by molar-refractivity contribution is -0.386. The first-order chi connectivity index (χ1) is 9.45. The van der Waals surface area contributed by atoms with Crippen LogP contribution in [0.25, 0.3) is 0 Å². The van der Waals surface area contributed by atoms with Crippen LogP contribution in [-0.4, -0.2) is 14.7 Å². The van der Waals surface area contributed by atoms with Crippen LogP contribution in [0.2, 0.25) is 0 Å². The molecule has 1 aromatic heterocycles. The molecule has 0 spiro atoms. The summed E-state index contributed by atoms with van der Waals surface area (Å²) >= 11 is 0. The van der Waals surface area contributed by atoms with Gasteiger partial charge in [-0.1, -0.05) is 12.1 Å². The van der Waals surface area contributed by atoms with Crippen LogP contribution in [0, 0.1) is 35.3 Å². The SMILES string of the molecule is Cc1nn([C@H](C)c2ccc(C#N)cc2)c(C)c1[N+](=O)[O-]. The van der Waals surface area contributed by atoms with Crippen molar-refractivity contribution in [3.63, 3.8) is 0 Å². The Morgan fingerprint density at radius 1 is 1.35 bits per heavy atom. The third-order valence-corrected chi connectivity index (χ3v) is 3.36. The van der Waals surface area contributed by atoms with E-state index < -0.39 is 4.92 Å². The van der Waals surface area contributed by atoms with Crippen molar-refractivity contribution in [3.8, 4) is 6.07 Å². The van der Waals surface area contributed by atoms with Crippen molar-refractivity contribution in [1.82, 2.24) is 9.78 Å². The van der Waals surface area contributed by atoms with Crippen LogP contribution in [-0.2, 0) is 0 Å². The predicted octanol–water partition coefficient (Wildman–Crippen LogP) is 2.89. The molecule has 0 aliphatic rings. The minimum atomic E-state index is -0.403. The first kappa shape index (κ1) is 13.7. The maximum absolute atomic E-state index is 11.0. The summed E-state index contributed by atoms with van der Waals surface area (Å²) in [6.07, 6.45) is 0. The van der Waals surface area contributed by atoms with Gasteiger partial charge in [-0.15, -0.1) is 0 Å². The van der Waals surface area contributed by atoms with E-state index in [-0.39, 0.29) is 11.7 Å². The molecule has 6 nitrogen and oxygen atoms in total. The lowest BCUT2D eigenvalue weighted by Crippen LogP contribution is -2.10. The Kier molecular flexibility index (Phi) is 3.53. The van der Waals surface area contributed by atoms with Gasteiger partial charge in [0.25, 0.3) is 0 Å². The lowest BCUT2D eigenvalue weighted by atomic mass is 10.1. The van der Waals surface area contributed by atoms with Crippen molar-refractivity contribution in [1.29, 1.82) is 5.26 Å². The summed E-state index contributed by atoms with van der Waals surface area (Å²) in [5.74, 6) is 0. The Balaban J connectivity index is 2.43. The van der Waals surface area contributed by atoms with Crippen molar-refractivity contribution >= 4 is 5.69 Å². The maximum Gasteiger partial charge on any atom is 0.312 e. The summed E-state index contributed by atoms with van der Waals surface area (Å²) in [5.41, 5.74) is 2.53. The van der Waals surface area contributed by atoms with E-state index in [1.165, 1.54) is 0 Å². The third-order valence-electron chi connectivity index (χ3n) is 3.36. The number of benzene rings is 1. The number of aromatic nitrogens is 2. The van der Waals surface area contributed by atoms with Gasteiger partial charge in [0.05, 0.1) is 22.6 Å². The van der Waals surface area contributed by atoms with E-state index in [9.17, 15) is 10.1 Å². The summed E-state index contributed by atoms with van der Waals surface area (Å²) < 4.78 is 1.65. The Labute approximate surface area is 116 Å². The van der Waals surface area contributed by atoms with Gasteiger partial charge >= 0.3 is 5.69 Å². The van der Waals surface area contributed by atoms with Gasteiger partial charge in [0, 0.05) is 0 Å². The third kappa shape index (κ3) is 2.26. The smallest absolute Gasteiger partial charge is 0.258 e. The maximum atomic E-state index is 11.0. The molecule has 102 valence electrons. The van der Waals surface area contributed by atoms with Gasteiger partial charge in [-0.3, -0.25) is 14.8 Å². The average Bonchev–Trinajstić information content (AvgIpc) is 2.73. The highest BCUT2D eigenvalue weighted by Gasteiger charge is 2.24. The summed E-state index contributed by atoms with van der Waals surface area (Å²) in [6, 6.07) is 9.06. The number of rotatable bonds is 3. The number of nitrogens with zero attached hydrogens (tertiary/aromatic N) is 4. The van der Waals surface area contributed by atoms with E-state index in [1.54, 1.807) is 30.7 Å². The Morgan fingerprint density at radius 2 is 1.95 bits per heavy atom. The zero-order chi connectivity index (χ0) is 14.9. The molecule has 1 atom stereocenters. The Hall–Kier alpha value is -2.68. The lowest BCUT2D eigenvalue weighted by Gasteiger charge is -2.14. The first-order valence-corrected chi connectivity index (χ1v) is 6.16. The number of nitro groups is 1. The van der Waals surface area contributed by atoms with Crippen LogP contribution in [0.3, 0.4) is 0 Å². The zero-order valence-corrected chi connectivity index (χ0v) is 11.5.